The first-order valence-electron chi connectivity index (χ1n) is 3.97. The van der Waals surface area contributed by atoms with Crippen molar-refractivity contribution in [1.82, 2.24) is 4.81 Å². The Morgan fingerprint density at radius 3 is 3.08 bits per heavy atom. The average Bonchev–Trinajstić information content (AvgIpc) is 2.36. The number of hydrogen-bond donors (Lipinski definition) is 1. The van der Waals surface area contributed by atoms with Gasteiger partial charge in [-0.3, -0.25) is 4.79 Å². The van der Waals surface area contributed by atoms with Gasteiger partial charge in [0.2, 0.25) is 0 Å². The van der Waals surface area contributed by atoms with Crippen LogP contribution in [0, 0.1) is 5.92 Å². The molecular formula is C7H11BNO3. The van der Waals surface area contributed by atoms with Crippen molar-refractivity contribution < 1.29 is 14.7 Å². The number of carbonyl (C=O) groups is 2. The lowest BCUT2D eigenvalue weighted by molar-refractivity contribution is -0.137. The average molecular weight is 168 g/mol. The molecule has 1 rings (SSSR count). The van der Waals surface area contributed by atoms with E-state index in [1.807, 2.05) is 4.81 Å². The molecule has 1 atom stereocenters. The summed E-state index contributed by atoms with van der Waals surface area (Å²) in [5, 5.41) is 8.49. The molecule has 1 heterocycles. The second-order valence-corrected chi connectivity index (χ2v) is 3.03. The van der Waals surface area contributed by atoms with Crippen LogP contribution in [0.25, 0.3) is 0 Å². The number of hydrogen-bond acceptors (Lipinski definition) is 3. The SMILES string of the molecule is O=C[B]N1CCC(CC(=O)O)C1. The first-order valence-corrected chi connectivity index (χ1v) is 3.97. The van der Waals surface area contributed by atoms with Gasteiger partial charge >= 0.3 is 5.97 Å². The molecule has 0 amide bonds. The number of rotatable bonds is 4. The highest BCUT2D eigenvalue weighted by atomic mass is 16.4. The highest BCUT2D eigenvalue weighted by molar-refractivity contribution is 6.64. The van der Waals surface area contributed by atoms with Gasteiger partial charge in [-0.2, -0.15) is 0 Å². The third-order valence-corrected chi connectivity index (χ3v) is 2.05. The van der Waals surface area contributed by atoms with Gasteiger partial charge in [0.15, 0.2) is 0 Å². The molecule has 0 aliphatic carbocycles. The van der Waals surface area contributed by atoms with Crippen LogP contribution in [0.3, 0.4) is 0 Å². The zero-order valence-corrected chi connectivity index (χ0v) is 6.77. The Morgan fingerprint density at radius 1 is 1.75 bits per heavy atom. The smallest absolute Gasteiger partial charge is 0.303 e. The van der Waals surface area contributed by atoms with Crippen molar-refractivity contribution in [3.05, 3.63) is 0 Å². The van der Waals surface area contributed by atoms with Gasteiger partial charge in [-0.1, -0.05) is 0 Å². The lowest BCUT2D eigenvalue weighted by atomic mass is 9.95. The highest BCUT2D eigenvalue weighted by Gasteiger charge is 2.23. The monoisotopic (exact) mass is 168 g/mol. The topological polar surface area (TPSA) is 57.6 Å². The minimum absolute atomic E-state index is 0.207. The van der Waals surface area contributed by atoms with Crippen molar-refractivity contribution in [2.24, 2.45) is 5.92 Å². The second kappa shape index (κ2) is 4.26. The van der Waals surface area contributed by atoms with Crippen LogP contribution in [0.2, 0.25) is 0 Å². The van der Waals surface area contributed by atoms with E-state index in [4.69, 9.17) is 5.11 Å². The van der Waals surface area contributed by atoms with E-state index in [0.717, 1.165) is 19.2 Å². The van der Waals surface area contributed by atoms with E-state index in [-0.39, 0.29) is 12.3 Å². The lowest BCUT2D eigenvalue weighted by Gasteiger charge is -2.09. The maximum absolute atomic E-state index is 10.3. The van der Waals surface area contributed by atoms with Gasteiger partial charge in [0.25, 0.3) is 7.41 Å². The van der Waals surface area contributed by atoms with Crippen LogP contribution in [-0.2, 0) is 9.59 Å². The number of carboxylic acid groups (broad SMARTS) is 1. The van der Waals surface area contributed by atoms with Crippen molar-refractivity contribution in [3.63, 3.8) is 0 Å². The van der Waals surface area contributed by atoms with Crippen molar-refractivity contribution in [2.45, 2.75) is 12.8 Å². The Kier molecular flexibility index (Phi) is 3.28. The van der Waals surface area contributed by atoms with E-state index in [0.29, 0.717) is 6.54 Å². The fourth-order valence-electron chi connectivity index (χ4n) is 1.50. The van der Waals surface area contributed by atoms with Gasteiger partial charge in [0.05, 0.1) is 6.19 Å². The molecule has 65 valence electrons. The summed E-state index contributed by atoms with van der Waals surface area (Å²) in [5.74, 6) is -0.549. The standard InChI is InChI=1S/C7H11BNO3/c10-5-8-9-2-1-6(4-9)3-7(11)12/h5-6H,1-4H2,(H,11,12). The van der Waals surface area contributed by atoms with Crippen molar-refractivity contribution in [2.75, 3.05) is 13.1 Å². The van der Waals surface area contributed by atoms with Crippen molar-refractivity contribution in [1.29, 1.82) is 0 Å². The van der Waals surface area contributed by atoms with Gasteiger partial charge in [0.1, 0.15) is 0 Å². The number of nitrogens with zero attached hydrogens (tertiary/aromatic N) is 1. The molecule has 5 heteroatoms. The Morgan fingerprint density at radius 2 is 2.50 bits per heavy atom. The van der Waals surface area contributed by atoms with Crippen LogP contribution in [0.5, 0.6) is 0 Å². The summed E-state index contributed by atoms with van der Waals surface area (Å²) >= 11 is 0. The molecule has 1 aliphatic heterocycles. The molecule has 1 radical (unpaired) electrons. The van der Waals surface area contributed by atoms with Gasteiger partial charge in [-0.05, 0) is 25.4 Å². The second-order valence-electron chi connectivity index (χ2n) is 3.03. The molecule has 0 aromatic heterocycles. The lowest BCUT2D eigenvalue weighted by Crippen LogP contribution is -2.26. The Bertz CT molecular complexity index is 185. The summed E-state index contributed by atoms with van der Waals surface area (Å²) in [6, 6.07) is 0. The summed E-state index contributed by atoms with van der Waals surface area (Å²) in [4.78, 5) is 22.3. The molecular weight excluding hydrogens is 157 g/mol. The van der Waals surface area contributed by atoms with Crippen LogP contribution >= 0.6 is 0 Å². The molecule has 0 bridgehead atoms. The number of aliphatic carboxylic acids is 1. The molecule has 1 unspecified atom stereocenters. The fraction of sp³-hybridized carbons (Fsp3) is 0.714. The molecule has 0 saturated carbocycles. The maximum Gasteiger partial charge on any atom is 0.303 e. The van der Waals surface area contributed by atoms with E-state index in [9.17, 15) is 9.59 Å². The summed E-state index contributed by atoms with van der Waals surface area (Å²) in [6.07, 6.45) is 1.82. The largest absolute Gasteiger partial charge is 0.481 e. The van der Waals surface area contributed by atoms with Crippen LogP contribution in [0.15, 0.2) is 0 Å². The van der Waals surface area contributed by atoms with Gasteiger partial charge in [0, 0.05) is 6.42 Å². The molecule has 0 spiro atoms. The summed E-state index contributed by atoms with van der Waals surface area (Å²) in [7, 11) is 1.47. The van der Waals surface area contributed by atoms with E-state index < -0.39 is 5.97 Å². The minimum atomic E-state index is -0.757. The predicted octanol–water partition coefficient (Wildman–Crippen LogP) is -0.408. The Hall–Kier alpha value is -0.835. The molecule has 0 aromatic carbocycles. The Balaban J connectivity index is 2.25. The molecule has 1 fully saturated rings. The van der Waals surface area contributed by atoms with Crippen LogP contribution in [0.1, 0.15) is 12.8 Å². The summed E-state index contributed by atoms with van der Waals surface area (Å²) in [5.41, 5.74) is 0. The van der Waals surface area contributed by atoms with E-state index in [2.05, 4.69) is 0 Å². The van der Waals surface area contributed by atoms with Crippen LogP contribution < -0.4 is 0 Å². The van der Waals surface area contributed by atoms with Gasteiger partial charge in [-0.15, -0.1) is 0 Å². The fourth-order valence-corrected chi connectivity index (χ4v) is 1.50. The zero-order chi connectivity index (χ0) is 8.97. The molecule has 0 aromatic rings. The minimum Gasteiger partial charge on any atom is -0.481 e. The number of carboxylic acids is 1. The molecule has 12 heavy (non-hydrogen) atoms. The summed E-state index contributed by atoms with van der Waals surface area (Å²) in [6.45, 7) is 1.50. The van der Waals surface area contributed by atoms with Gasteiger partial charge < -0.3 is 14.7 Å². The highest BCUT2D eigenvalue weighted by Crippen LogP contribution is 2.17. The van der Waals surface area contributed by atoms with Crippen LogP contribution in [0.4, 0.5) is 0 Å². The Labute approximate surface area is 71.8 Å². The van der Waals surface area contributed by atoms with E-state index >= 15 is 0 Å². The van der Waals surface area contributed by atoms with Gasteiger partial charge in [-0.25, -0.2) is 0 Å². The van der Waals surface area contributed by atoms with Crippen molar-refractivity contribution in [3.8, 4) is 0 Å². The predicted molar refractivity (Wildman–Crippen MR) is 44.4 cm³/mol. The first-order chi connectivity index (χ1) is 5.72. The molecule has 4 nitrogen and oxygen atoms in total. The summed E-state index contributed by atoms with van der Waals surface area (Å²) < 4.78 is 0. The molecule has 1 saturated heterocycles. The quantitative estimate of drug-likeness (QED) is 0.458. The molecule has 1 aliphatic rings. The maximum atomic E-state index is 10.3. The third-order valence-electron chi connectivity index (χ3n) is 2.05. The normalized spacial score (nSPS) is 23.8. The third kappa shape index (κ3) is 2.66. The first kappa shape index (κ1) is 9.25. The zero-order valence-electron chi connectivity index (χ0n) is 6.77. The van der Waals surface area contributed by atoms with E-state index in [1.54, 1.807) is 0 Å². The van der Waals surface area contributed by atoms with E-state index in [1.165, 1.54) is 7.41 Å². The molecule has 1 N–H and O–H groups in total. The number of carbonyl (C=O) groups excluding carboxylic acids is 1. The van der Waals surface area contributed by atoms with Crippen molar-refractivity contribution >= 4 is 19.6 Å². The van der Waals surface area contributed by atoms with Crippen LogP contribution in [-0.4, -0.2) is 42.6 Å².